The molecule has 1 heterocycles. The van der Waals surface area contributed by atoms with E-state index in [2.05, 4.69) is 96.1 Å². The summed E-state index contributed by atoms with van der Waals surface area (Å²) in [6, 6.07) is 0. The SMILES string of the molecule is CCC1C[C@@H](OC2[C@H](O[C@H]3CCC4(C)C5CC=C6C7CC(C)(C)CC[C@]7(C=O)CC[C@@]6(C)[C@@]5(C)CC[C@H]4C3C)OC(C)[C@@H](C)[C@@H]2C)C(C)[C@@H](C)[C@H]1C. The summed E-state index contributed by atoms with van der Waals surface area (Å²) >= 11 is 0. The van der Waals surface area contributed by atoms with Crippen LogP contribution in [-0.4, -0.2) is 37.0 Å². The van der Waals surface area contributed by atoms with Gasteiger partial charge < -0.3 is 19.0 Å². The molecule has 52 heavy (non-hydrogen) atoms. The van der Waals surface area contributed by atoms with Crippen LogP contribution in [0, 0.1) is 86.3 Å². The smallest absolute Gasteiger partial charge is 0.184 e. The van der Waals surface area contributed by atoms with Crippen molar-refractivity contribution in [2.24, 2.45) is 86.3 Å². The van der Waals surface area contributed by atoms with Crippen molar-refractivity contribution in [3.8, 4) is 0 Å². The third-order valence-corrected chi connectivity index (χ3v) is 19.9. The van der Waals surface area contributed by atoms with Crippen molar-refractivity contribution in [3.63, 3.8) is 0 Å². The molecule has 0 N–H and O–H groups in total. The van der Waals surface area contributed by atoms with Gasteiger partial charge in [0.25, 0.3) is 0 Å². The molecular weight excluding hydrogens is 641 g/mol. The van der Waals surface area contributed by atoms with Gasteiger partial charge >= 0.3 is 0 Å². The molecule has 7 aliphatic rings. The van der Waals surface area contributed by atoms with Gasteiger partial charge in [-0.1, -0.05) is 101 Å². The molecule has 0 bridgehead atoms. The van der Waals surface area contributed by atoms with Gasteiger partial charge in [-0.3, -0.25) is 0 Å². The first-order valence-corrected chi connectivity index (χ1v) is 22.5. The Hall–Kier alpha value is -0.710. The summed E-state index contributed by atoms with van der Waals surface area (Å²) in [5.41, 5.74) is 2.60. The second-order valence-electron chi connectivity index (χ2n) is 22.2. The predicted octanol–water partition coefficient (Wildman–Crippen LogP) is 12.1. The quantitative estimate of drug-likeness (QED) is 0.156. The molecule has 19 atom stereocenters. The average Bonchev–Trinajstić information content (AvgIpc) is 3.10. The minimum Gasteiger partial charge on any atom is -0.369 e. The minimum absolute atomic E-state index is 0.0247. The molecule has 8 unspecified atom stereocenters. The summed E-state index contributed by atoms with van der Waals surface area (Å²) in [5, 5.41) is 0. The van der Waals surface area contributed by atoms with Crippen LogP contribution >= 0.6 is 0 Å². The van der Waals surface area contributed by atoms with Gasteiger partial charge in [-0.25, -0.2) is 0 Å². The molecule has 0 radical (unpaired) electrons. The zero-order valence-corrected chi connectivity index (χ0v) is 35.9. The van der Waals surface area contributed by atoms with Crippen LogP contribution in [-0.2, 0) is 19.0 Å². The fourth-order valence-corrected chi connectivity index (χ4v) is 15.0. The Morgan fingerprint density at radius 2 is 1.48 bits per heavy atom. The van der Waals surface area contributed by atoms with Crippen LogP contribution < -0.4 is 0 Å². The van der Waals surface area contributed by atoms with Crippen LogP contribution in [0.3, 0.4) is 0 Å². The monoisotopic (exact) mass is 721 g/mol. The van der Waals surface area contributed by atoms with Crippen LogP contribution in [0.4, 0.5) is 0 Å². The highest BCUT2D eigenvalue weighted by Crippen LogP contribution is 2.74. The Morgan fingerprint density at radius 1 is 0.769 bits per heavy atom. The predicted molar refractivity (Wildman–Crippen MR) is 213 cm³/mol. The Bertz CT molecular complexity index is 1350. The number of hydrogen-bond donors (Lipinski definition) is 0. The largest absolute Gasteiger partial charge is 0.369 e. The number of allylic oxidation sites excluding steroid dienone is 2. The van der Waals surface area contributed by atoms with Crippen molar-refractivity contribution in [2.75, 3.05) is 0 Å². The van der Waals surface area contributed by atoms with Gasteiger partial charge in [0.2, 0.25) is 0 Å². The fraction of sp³-hybridized carbons (Fsp3) is 0.938. The van der Waals surface area contributed by atoms with Gasteiger partial charge in [-0.2, -0.15) is 0 Å². The summed E-state index contributed by atoms with van der Waals surface area (Å²) in [7, 11) is 0. The maximum absolute atomic E-state index is 12.9. The number of fused-ring (bicyclic) bond motifs is 7. The first kappa shape index (κ1) is 39.5. The lowest BCUT2D eigenvalue weighted by molar-refractivity contribution is -0.315. The second-order valence-corrected chi connectivity index (χ2v) is 22.2. The lowest BCUT2D eigenvalue weighted by Gasteiger charge is -2.70. The molecule has 5 saturated carbocycles. The number of carbonyl (C=O) groups is 1. The van der Waals surface area contributed by atoms with E-state index in [1.807, 2.05) is 0 Å². The topological polar surface area (TPSA) is 44.8 Å². The van der Waals surface area contributed by atoms with Crippen LogP contribution in [0.5, 0.6) is 0 Å². The van der Waals surface area contributed by atoms with Crippen molar-refractivity contribution in [1.82, 2.24) is 0 Å². The zero-order chi connectivity index (χ0) is 37.8. The molecule has 4 heteroatoms. The van der Waals surface area contributed by atoms with Crippen LogP contribution in [0.15, 0.2) is 11.6 Å². The van der Waals surface area contributed by atoms with Crippen molar-refractivity contribution < 1.29 is 19.0 Å². The molecular formula is C48H80O4. The third kappa shape index (κ3) is 5.92. The molecule has 6 aliphatic carbocycles. The molecule has 6 fully saturated rings. The Labute approximate surface area is 320 Å². The Morgan fingerprint density at radius 3 is 2.17 bits per heavy atom. The van der Waals surface area contributed by atoms with Gasteiger partial charge in [0.15, 0.2) is 6.29 Å². The van der Waals surface area contributed by atoms with E-state index < -0.39 is 0 Å². The highest BCUT2D eigenvalue weighted by Gasteiger charge is 2.67. The summed E-state index contributed by atoms with van der Waals surface area (Å²) in [5.74, 6) is 5.74. The van der Waals surface area contributed by atoms with E-state index in [1.165, 1.54) is 57.7 Å². The number of carbonyl (C=O) groups excluding carboxylic acids is 1. The summed E-state index contributed by atoms with van der Waals surface area (Å²) < 4.78 is 21.4. The molecule has 0 aromatic rings. The fourth-order valence-electron chi connectivity index (χ4n) is 15.0. The Kier molecular flexibility index (Phi) is 10.4. The number of ether oxygens (including phenoxy) is 3. The van der Waals surface area contributed by atoms with Gasteiger partial charge in [-0.05, 0) is 158 Å². The normalized spacial score (nSPS) is 55.9. The van der Waals surface area contributed by atoms with E-state index in [4.69, 9.17) is 14.2 Å². The molecule has 0 spiro atoms. The average molecular weight is 721 g/mol. The minimum atomic E-state index is -0.298. The molecule has 7 rings (SSSR count). The summed E-state index contributed by atoms with van der Waals surface area (Å²) in [6.07, 6.45) is 18.6. The maximum atomic E-state index is 12.9. The molecule has 0 aromatic heterocycles. The third-order valence-electron chi connectivity index (χ3n) is 19.9. The Balaban J connectivity index is 1.11. The number of hydrogen-bond acceptors (Lipinski definition) is 4. The van der Waals surface area contributed by atoms with E-state index in [9.17, 15) is 4.79 Å². The van der Waals surface area contributed by atoms with Crippen molar-refractivity contribution >= 4 is 6.29 Å². The molecule has 296 valence electrons. The highest BCUT2D eigenvalue weighted by molar-refractivity contribution is 5.63. The van der Waals surface area contributed by atoms with Crippen LogP contribution in [0.1, 0.15) is 167 Å². The number of aldehydes is 1. The lowest BCUT2D eigenvalue weighted by atomic mass is 9.34. The lowest BCUT2D eigenvalue weighted by Crippen LogP contribution is -2.63. The highest BCUT2D eigenvalue weighted by atomic mass is 16.7. The molecule has 4 nitrogen and oxygen atoms in total. The van der Waals surface area contributed by atoms with E-state index in [1.54, 1.807) is 5.57 Å². The van der Waals surface area contributed by atoms with Crippen molar-refractivity contribution in [3.05, 3.63) is 11.6 Å². The number of rotatable bonds is 6. The zero-order valence-electron chi connectivity index (χ0n) is 35.9. The van der Waals surface area contributed by atoms with E-state index in [0.717, 1.165) is 37.5 Å². The van der Waals surface area contributed by atoms with E-state index in [-0.39, 0.29) is 47.0 Å². The first-order valence-electron chi connectivity index (χ1n) is 22.5. The molecule has 0 amide bonds. The van der Waals surface area contributed by atoms with Crippen molar-refractivity contribution in [1.29, 1.82) is 0 Å². The summed E-state index contributed by atoms with van der Waals surface area (Å²) in [6.45, 7) is 32.2. The molecule has 0 aromatic carbocycles. The van der Waals surface area contributed by atoms with E-state index in [0.29, 0.717) is 58.2 Å². The van der Waals surface area contributed by atoms with Gasteiger partial charge in [0.1, 0.15) is 12.4 Å². The van der Waals surface area contributed by atoms with Crippen LogP contribution in [0.2, 0.25) is 0 Å². The van der Waals surface area contributed by atoms with Crippen LogP contribution in [0.25, 0.3) is 0 Å². The maximum Gasteiger partial charge on any atom is 0.184 e. The van der Waals surface area contributed by atoms with Gasteiger partial charge in [0.05, 0.1) is 18.3 Å². The van der Waals surface area contributed by atoms with Gasteiger partial charge in [0, 0.05) is 5.41 Å². The molecule has 1 aliphatic heterocycles. The van der Waals surface area contributed by atoms with Crippen molar-refractivity contribution in [2.45, 2.75) is 198 Å². The standard InChI is InChI=1S/C48H80O4/c1-14-35-25-40(31(5)28(2)30(35)4)51-42-32(6)29(3)34(8)50-43(42)52-39-18-19-45(11)36(33(39)7)17-20-47(13)41(45)16-15-37-38-26-44(9,10)21-23-48(38,27-49)24-22-46(37,47)12/h15,27-36,38-43H,14,16-26H2,1-13H3/t28-,29-,30+,31?,32-,33?,34?,35?,36-,38?,39-,40+,41?,42?,43-,45?,46+,47-,48+/m0/s1. The second kappa shape index (κ2) is 13.7. The first-order chi connectivity index (χ1) is 24.4. The summed E-state index contributed by atoms with van der Waals surface area (Å²) in [4.78, 5) is 12.9. The van der Waals surface area contributed by atoms with Gasteiger partial charge in [-0.15, -0.1) is 0 Å². The van der Waals surface area contributed by atoms with E-state index >= 15 is 0 Å². The molecule has 1 saturated heterocycles.